The molecular formula is C26H28FNO8S2. The van der Waals surface area contributed by atoms with E-state index in [1.165, 1.54) is 43.5 Å². The van der Waals surface area contributed by atoms with Crippen molar-refractivity contribution < 1.29 is 39.9 Å². The number of hydrogen-bond donors (Lipinski definition) is 2. The van der Waals surface area contributed by atoms with Gasteiger partial charge in [0.2, 0.25) is 0 Å². The molecule has 2 aliphatic heterocycles. The van der Waals surface area contributed by atoms with Crippen LogP contribution < -0.4 is 0 Å². The second-order valence-corrected chi connectivity index (χ2v) is 12.2. The van der Waals surface area contributed by atoms with Gasteiger partial charge >= 0.3 is 5.97 Å². The molecule has 0 radical (unpaired) electrons. The number of nitrogens with zero attached hydrogens (tertiary/aromatic N) is 1. The van der Waals surface area contributed by atoms with Gasteiger partial charge in [-0.25, -0.2) is 4.39 Å². The van der Waals surface area contributed by atoms with Gasteiger partial charge in [-0.2, -0.15) is 16.8 Å². The van der Waals surface area contributed by atoms with Crippen molar-refractivity contribution >= 4 is 37.0 Å². The molecule has 0 amide bonds. The van der Waals surface area contributed by atoms with E-state index in [1.54, 1.807) is 12.1 Å². The van der Waals surface area contributed by atoms with E-state index in [0.29, 0.717) is 6.04 Å². The van der Waals surface area contributed by atoms with Crippen molar-refractivity contribution in [3.05, 3.63) is 72.0 Å². The van der Waals surface area contributed by atoms with Crippen LogP contribution >= 0.6 is 0 Å². The fourth-order valence-corrected chi connectivity index (χ4v) is 7.09. The predicted octanol–water partition coefficient (Wildman–Crippen LogP) is 3.90. The summed E-state index contributed by atoms with van der Waals surface area (Å²) in [6.07, 6.45) is 3.11. The van der Waals surface area contributed by atoms with Crippen LogP contribution in [-0.4, -0.2) is 63.1 Å². The Hall–Kier alpha value is -2.90. The van der Waals surface area contributed by atoms with E-state index in [4.69, 9.17) is 13.8 Å². The third-order valence-corrected chi connectivity index (χ3v) is 9.26. The van der Waals surface area contributed by atoms with Crippen LogP contribution in [0.3, 0.4) is 0 Å². The van der Waals surface area contributed by atoms with Gasteiger partial charge in [0.1, 0.15) is 15.6 Å². The molecular weight excluding hydrogens is 537 g/mol. The highest BCUT2D eigenvalue weighted by molar-refractivity contribution is 7.86. The minimum atomic E-state index is -4.47. The third kappa shape index (κ3) is 5.59. The molecule has 0 aliphatic carbocycles. The highest BCUT2D eigenvalue weighted by atomic mass is 32.2. The molecule has 2 N–H and O–H groups in total. The summed E-state index contributed by atoms with van der Waals surface area (Å²) in [6.45, 7) is 0. The fourth-order valence-electron chi connectivity index (χ4n) is 5.68. The number of halogens is 1. The molecule has 3 aromatic rings. The summed E-state index contributed by atoms with van der Waals surface area (Å²) in [5, 5.41) is 0.0465. The average Bonchev–Trinajstić information content (AvgIpc) is 3.09. The Morgan fingerprint density at radius 2 is 1.42 bits per heavy atom. The topological polar surface area (TPSA) is 138 Å². The third-order valence-electron chi connectivity index (χ3n) is 7.44. The Labute approximate surface area is 220 Å². The van der Waals surface area contributed by atoms with Crippen LogP contribution in [0.25, 0.3) is 10.8 Å². The number of fused-ring (bicyclic) bond motifs is 3. The first kappa shape index (κ1) is 28.1. The zero-order valence-corrected chi connectivity index (χ0v) is 22.3. The molecule has 9 nitrogen and oxygen atoms in total. The van der Waals surface area contributed by atoms with E-state index < -0.39 is 30.0 Å². The summed E-state index contributed by atoms with van der Waals surface area (Å²) >= 11 is 0. The summed E-state index contributed by atoms with van der Waals surface area (Å²) in [5.41, 5.74) is 1.05. The summed E-state index contributed by atoms with van der Waals surface area (Å²) in [6, 6.07) is 14.9. The van der Waals surface area contributed by atoms with E-state index >= 15 is 0 Å². The van der Waals surface area contributed by atoms with E-state index in [2.05, 4.69) is 11.9 Å². The largest absolute Gasteiger partial charge is 0.469 e. The molecule has 12 heteroatoms. The van der Waals surface area contributed by atoms with Crippen molar-refractivity contribution in [1.82, 2.24) is 4.90 Å². The Kier molecular flexibility index (Phi) is 7.91. The van der Waals surface area contributed by atoms with Crippen LogP contribution in [0.4, 0.5) is 4.39 Å². The predicted molar refractivity (Wildman–Crippen MR) is 137 cm³/mol. The van der Waals surface area contributed by atoms with Gasteiger partial charge in [-0.05, 0) is 56.1 Å². The lowest BCUT2D eigenvalue weighted by Crippen LogP contribution is -2.49. The van der Waals surface area contributed by atoms with Gasteiger partial charge in [-0.3, -0.25) is 18.8 Å². The van der Waals surface area contributed by atoms with Gasteiger partial charge in [0, 0.05) is 28.8 Å². The van der Waals surface area contributed by atoms with Crippen molar-refractivity contribution in [3.63, 3.8) is 0 Å². The number of esters is 1. The first-order valence-electron chi connectivity index (χ1n) is 11.8. The minimum Gasteiger partial charge on any atom is -0.469 e. The van der Waals surface area contributed by atoms with E-state index in [-0.39, 0.29) is 40.4 Å². The van der Waals surface area contributed by atoms with Crippen LogP contribution in [0.15, 0.2) is 70.5 Å². The van der Waals surface area contributed by atoms with Crippen molar-refractivity contribution in [2.75, 3.05) is 14.2 Å². The zero-order valence-electron chi connectivity index (χ0n) is 20.7. The molecule has 2 heterocycles. The molecule has 204 valence electrons. The van der Waals surface area contributed by atoms with Gasteiger partial charge in [0.15, 0.2) is 0 Å². The van der Waals surface area contributed by atoms with E-state index in [0.717, 1.165) is 37.0 Å². The number of ether oxygens (including phenoxy) is 1. The molecule has 2 aliphatic rings. The second-order valence-electron chi connectivity index (χ2n) is 9.46. The maximum atomic E-state index is 13.1. The smallest absolute Gasteiger partial charge is 0.310 e. The van der Waals surface area contributed by atoms with Gasteiger partial charge in [-0.1, -0.05) is 36.4 Å². The van der Waals surface area contributed by atoms with Crippen LogP contribution in [0.1, 0.15) is 30.7 Å². The van der Waals surface area contributed by atoms with Gasteiger partial charge in [0.05, 0.1) is 13.0 Å². The Balaban J connectivity index is 0.000000178. The van der Waals surface area contributed by atoms with Gasteiger partial charge < -0.3 is 4.74 Å². The first-order chi connectivity index (χ1) is 17.8. The summed E-state index contributed by atoms with van der Waals surface area (Å²) in [4.78, 5) is 13.7. The molecule has 38 heavy (non-hydrogen) atoms. The minimum absolute atomic E-state index is 0.0233. The molecule has 2 saturated heterocycles. The van der Waals surface area contributed by atoms with Crippen LogP contribution in [-0.2, 0) is 29.8 Å². The van der Waals surface area contributed by atoms with Crippen molar-refractivity contribution in [2.45, 2.75) is 47.1 Å². The zero-order chi connectivity index (χ0) is 27.8. The highest BCUT2D eigenvalue weighted by Crippen LogP contribution is 2.46. The highest BCUT2D eigenvalue weighted by Gasteiger charge is 2.49. The van der Waals surface area contributed by atoms with Crippen LogP contribution in [0.5, 0.6) is 0 Å². The van der Waals surface area contributed by atoms with Crippen molar-refractivity contribution in [2.24, 2.45) is 5.92 Å². The van der Waals surface area contributed by atoms with E-state index in [1.807, 2.05) is 0 Å². The van der Waals surface area contributed by atoms with Gasteiger partial charge in [-0.15, -0.1) is 0 Å². The molecule has 2 bridgehead atoms. The van der Waals surface area contributed by atoms with Crippen molar-refractivity contribution in [3.8, 4) is 0 Å². The normalized spacial score (nSPS) is 23.5. The Morgan fingerprint density at radius 1 is 0.895 bits per heavy atom. The lowest BCUT2D eigenvalue weighted by molar-refractivity contribution is -0.150. The maximum absolute atomic E-state index is 13.1. The fraction of sp³-hybridized carbons (Fsp3) is 0.346. The van der Waals surface area contributed by atoms with E-state index in [9.17, 15) is 26.0 Å². The first-order valence-corrected chi connectivity index (χ1v) is 14.7. The molecule has 2 fully saturated rings. The van der Waals surface area contributed by atoms with Gasteiger partial charge in [0.25, 0.3) is 20.2 Å². The Morgan fingerprint density at radius 3 is 1.89 bits per heavy atom. The summed E-state index contributed by atoms with van der Waals surface area (Å²) in [7, 11) is -5.39. The Bertz CT molecular complexity index is 1490. The number of carbonyl (C=O) groups excluding carboxylic acids is 1. The molecule has 0 aromatic heterocycles. The molecule has 0 saturated carbocycles. The maximum Gasteiger partial charge on any atom is 0.310 e. The standard InChI is InChI=1S/C16H20FNO2.C10H8O6S2/c1-18-12-7-8-14(18)15(16(19)20-2)13(9-12)10-3-5-11(17)6-4-10;11-17(12,13)9-5-1-3-7-8(9)4-2-6-10(7)18(14,15)16/h3-6,12-15H,7-9H2,1-2H3;1-6H,(H,11,12,13)(H,14,15,16)/t12-,13+,14+,15-;/m0./s1. The van der Waals surface area contributed by atoms with Crippen LogP contribution in [0.2, 0.25) is 0 Å². The second kappa shape index (κ2) is 10.7. The number of hydrogen-bond acceptors (Lipinski definition) is 7. The number of rotatable bonds is 4. The lowest BCUT2D eigenvalue weighted by Gasteiger charge is -2.41. The quantitative estimate of drug-likeness (QED) is 0.356. The molecule has 4 atom stereocenters. The summed E-state index contributed by atoms with van der Waals surface area (Å²) in [5.74, 6) is -0.387. The molecule has 0 spiro atoms. The number of methoxy groups -OCH3 is 1. The monoisotopic (exact) mass is 565 g/mol. The number of carbonyl (C=O) groups is 1. The average molecular weight is 566 g/mol. The molecule has 3 aromatic carbocycles. The molecule has 0 unspecified atom stereocenters. The van der Waals surface area contributed by atoms with Crippen molar-refractivity contribution in [1.29, 1.82) is 0 Å². The SMILES string of the molecule is COC(=O)[C@H]1[C@@H](c2ccc(F)cc2)C[C@@H]2CC[C@H]1N2C.O=S(=O)(O)c1cccc2c(S(=O)(=O)O)cccc12. The van der Waals surface area contributed by atoms with Crippen LogP contribution in [0, 0.1) is 11.7 Å². The lowest BCUT2D eigenvalue weighted by atomic mass is 9.76. The number of piperidine rings is 1. The summed E-state index contributed by atoms with van der Waals surface area (Å²) < 4.78 is 80.8. The number of benzene rings is 3. The molecule has 5 rings (SSSR count).